The van der Waals surface area contributed by atoms with Crippen LogP contribution in [0.1, 0.15) is 16.7 Å². The predicted octanol–water partition coefficient (Wildman–Crippen LogP) is 10.9. The van der Waals surface area contributed by atoms with Crippen molar-refractivity contribution >= 4 is 0 Å². The molecule has 10 rings (SSSR count). The molecule has 7 aromatic carbocycles. The van der Waals surface area contributed by atoms with Gasteiger partial charge in [0.2, 0.25) is 0 Å². The molecule has 234 valence electrons. The summed E-state index contributed by atoms with van der Waals surface area (Å²) >= 11 is 0. The lowest BCUT2D eigenvalue weighted by molar-refractivity contribution is 0.157. The van der Waals surface area contributed by atoms with E-state index in [9.17, 15) is 0 Å². The fraction of sp³-hybridized carbons (Fsp3) is 0.0217. The summed E-state index contributed by atoms with van der Waals surface area (Å²) in [5.74, 6) is 2.83. The first kappa shape index (κ1) is 28.4. The van der Waals surface area contributed by atoms with Crippen molar-refractivity contribution in [3.63, 3.8) is 0 Å². The van der Waals surface area contributed by atoms with Gasteiger partial charge in [-0.25, -0.2) is 15.0 Å². The van der Waals surface area contributed by atoms with Crippen LogP contribution in [0.25, 0.3) is 67.5 Å². The Balaban J connectivity index is 1.09. The van der Waals surface area contributed by atoms with E-state index in [1.54, 1.807) is 0 Å². The zero-order valence-electron chi connectivity index (χ0n) is 27.0. The van der Waals surface area contributed by atoms with Crippen LogP contribution in [0, 0.1) is 0 Å². The first-order valence-electron chi connectivity index (χ1n) is 16.9. The van der Waals surface area contributed by atoms with E-state index >= 15 is 0 Å². The zero-order chi connectivity index (χ0) is 33.1. The number of hydrogen-bond acceptors (Lipinski definition) is 4. The van der Waals surface area contributed by atoms with Crippen LogP contribution in [0.15, 0.2) is 176 Å². The van der Waals surface area contributed by atoms with Crippen molar-refractivity contribution < 1.29 is 4.74 Å². The van der Waals surface area contributed by atoms with Gasteiger partial charge in [-0.1, -0.05) is 164 Å². The minimum atomic E-state index is -0.731. The number of ether oxygens (including phenoxy) is 1. The highest BCUT2D eigenvalue weighted by Crippen LogP contribution is 2.58. The standard InChI is InChI=1S/C46H29N3O/c1-3-13-31(14-4-1)43-47-44(32-15-5-2-6-16-32)49-45(48-43)33-25-23-30(24-26-33)34-27-28-41-38(29-34)37-19-9-12-22-42(37)50-46(41)39-20-10-7-17-35(39)36-18-8-11-21-40(36)46/h1-29H. The number of hydrogen-bond donors (Lipinski definition) is 0. The summed E-state index contributed by atoms with van der Waals surface area (Å²) in [6, 6.07) is 61.2. The zero-order valence-corrected chi connectivity index (χ0v) is 27.0. The minimum absolute atomic E-state index is 0.640. The van der Waals surface area contributed by atoms with Crippen molar-refractivity contribution in [2.24, 2.45) is 0 Å². The molecule has 50 heavy (non-hydrogen) atoms. The molecule has 1 aliphatic heterocycles. The van der Waals surface area contributed by atoms with Crippen LogP contribution in [-0.4, -0.2) is 15.0 Å². The molecule has 0 saturated heterocycles. The van der Waals surface area contributed by atoms with E-state index < -0.39 is 5.60 Å². The molecule has 0 amide bonds. The van der Waals surface area contributed by atoms with E-state index in [1.807, 2.05) is 60.7 Å². The van der Waals surface area contributed by atoms with Crippen LogP contribution in [0.4, 0.5) is 0 Å². The average Bonchev–Trinajstić information content (AvgIpc) is 3.48. The van der Waals surface area contributed by atoms with Crippen molar-refractivity contribution in [1.82, 2.24) is 15.0 Å². The fourth-order valence-corrected chi connectivity index (χ4v) is 7.60. The maximum absolute atomic E-state index is 7.13. The van der Waals surface area contributed by atoms with Crippen LogP contribution >= 0.6 is 0 Å². The van der Waals surface area contributed by atoms with Crippen LogP contribution < -0.4 is 4.74 Å². The normalized spacial score (nSPS) is 13.1. The molecule has 0 N–H and O–H groups in total. The molecule has 1 spiro atoms. The van der Waals surface area contributed by atoms with Crippen molar-refractivity contribution in [3.8, 4) is 73.3 Å². The van der Waals surface area contributed by atoms with Crippen LogP contribution in [-0.2, 0) is 5.60 Å². The lowest BCUT2D eigenvalue weighted by atomic mass is 9.77. The summed E-state index contributed by atoms with van der Waals surface area (Å²) < 4.78 is 7.13. The first-order chi connectivity index (χ1) is 24.8. The SMILES string of the molecule is c1ccc(-c2nc(-c3ccccc3)nc(-c3ccc(-c4ccc5c(c4)-c4ccccc4OC54c5ccccc5-c5ccccc54)cc3)n2)cc1. The average molecular weight is 640 g/mol. The number of para-hydroxylation sites is 1. The number of fused-ring (bicyclic) bond motifs is 9. The van der Waals surface area contributed by atoms with Crippen molar-refractivity contribution in [2.75, 3.05) is 0 Å². The second-order valence-electron chi connectivity index (χ2n) is 12.7. The number of rotatable bonds is 4. The fourth-order valence-electron chi connectivity index (χ4n) is 7.60. The van der Waals surface area contributed by atoms with Gasteiger partial charge in [-0.2, -0.15) is 0 Å². The van der Waals surface area contributed by atoms with Gasteiger partial charge in [-0.05, 0) is 39.9 Å². The Morgan fingerprint density at radius 2 is 0.740 bits per heavy atom. The molecule has 0 fully saturated rings. The van der Waals surface area contributed by atoms with Gasteiger partial charge in [0, 0.05) is 38.9 Å². The molecule has 0 saturated carbocycles. The van der Waals surface area contributed by atoms with Gasteiger partial charge in [-0.15, -0.1) is 0 Å². The molecular formula is C46H29N3O. The van der Waals surface area contributed by atoms with Gasteiger partial charge < -0.3 is 4.74 Å². The molecule has 0 atom stereocenters. The molecule has 2 aliphatic rings. The monoisotopic (exact) mass is 639 g/mol. The Morgan fingerprint density at radius 3 is 1.32 bits per heavy atom. The molecular weight excluding hydrogens is 611 g/mol. The molecule has 2 heterocycles. The third kappa shape index (κ3) is 4.35. The lowest BCUT2D eigenvalue weighted by Crippen LogP contribution is -2.36. The predicted molar refractivity (Wildman–Crippen MR) is 199 cm³/mol. The second kappa shape index (κ2) is 11.2. The van der Waals surface area contributed by atoms with Crippen LogP contribution in [0.3, 0.4) is 0 Å². The van der Waals surface area contributed by atoms with Crippen LogP contribution in [0.2, 0.25) is 0 Å². The molecule has 4 nitrogen and oxygen atoms in total. The van der Waals surface area contributed by atoms with Gasteiger partial charge in [0.1, 0.15) is 5.75 Å². The van der Waals surface area contributed by atoms with Crippen molar-refractivity contribution in [1.29, 1.82) is 0 Å². The minimum Gasteiger partial charge on any atom is -0.472 e. The van der Waals surface area contributed by atoms with E-state index in [4.69, 9.17) is 19.7 Å². The lowest BCUT2D eigenvalue weighted by Gasteiger charge is -2.39. The third-order valence-electron chi connectivity index (χ3n) is 9.92. The van der Waals surface area contributed by atoms with Gasteiger partial charge in [0.05, 0.1) is 0 Å². The third-order valence-corrected chi connectivity index (χ3v) is 9.92. The highest BCUT2D eigenvalue weighted by atomic mass is 16.5. The molecule has 1 aromatic heterocycles. The van der Waals surface area contributed by atoms with Gasteiger partial charge in [0.25, 0.3) is 0 Å². The summed E-state index contributed by atoms with van der Waals surface area (Å²) in [5, 5.41) is 0. The van der Waals surface area contributed by atoms with Crippen molar-refractivity contribution in [2.45, 2.75) is 5.60 Å². The van der Waals surface area contributed by atoms with Crippen LogP contribution in [0.5, 0.6) is 5.75 Å². The first-order valence-corrected chi connectivity index (χ1v) is 16.9. The number of aromatic nitrogens is 3. The highest BCUT2D eigenvalue weighted by molar-refractivity contribution is 5.89. The van der Waals surface area contributed by atoms with Crippen molar-refractivity contribution in [3.05, 3.63) is 193 Å². The topological polar surface area (TPSA) is 47.9 Å². The Hall–Kier alpha value is -6.65. The maximum atomic E-state index is 7.13. The Kier molecular flexibility index (Phi) is 6.36. The van der Waals surface area contributed by atoms with E-state index in [0.29, 0.717) is 17.5 Å². The number of benzene rings is 7. The Bertz CT molecular complexity index is 2460. The van der Waals surface area contributed by atoms with Gasteiger partial charge in [0.15, 0.2) is 23.1 Å². The molecule has 4 heteroatoms. The van der Waals surface area contributed by atoms with Gasteiger partial charge >= 0.3 is 0 Å². The van der Waals surface area contributed by atoms with E-state index in [0.717, 1.165) is 44.7 Å². The Morgan fingerprint density at radius 1 is 0.320 bits per heavy atom. The molecule has 0 bridgehead atoms. The summed E-state index contributed by atoms with van der Waals surface area (Å²) in [6.45, 7) is 0. The van der Waals surface area contributed by atoms with E-state index in [-0.39, 0.29) is 0 Å². The van der Waals surface area contributed by atoms with Gasteiger partial charge in [-0.3, -0.25) is 0 Å². The molecule has 0 unspecified atom stereocenters. The summed E-state index contributed by atoms with van der Waals surface area (Å²) in [7, 11) is 0. The molecule has 8 aromatic rings. The Labute approximate surface area is 290 Å². The summed E-state index contributed by atoms with van der Waals surface area (Å²) in [4.78, 5) is 14.7. The highest BCUT2D eigenvalue weighted by Gasteiger charge is 2.50. The quantitative estimate of drug-likeness (QED) is 0.192. The summed E-state index contributed by atoms with van der Waals surface area (Å²) in [5.41, 5.74) is 12.6. The number of nitrogens with zero attached hydrogens (tertiary/aromatic N) is 3. The smallest absolute Gasteiger partial charge is 0.186 e. The molecule has 1 aliphatic carbocycles. The van der Waals surface area contributed by atoms with E-state index in [2.05, 4.69) is 115 Å². The summed E-state index contributed by atoms with van der Waals surface area (Å²) in [6.07, 6.45) is 0. The maximum Gasteiger partial charge on any atom is 0.186 e. The second-order valence-corrected chi connectivity index (χ2v) is 12.7. The van der Waals surface area contributed by atoms with E-state index in [1.165, 1.54) is 27.8 Å². The largest absolute Gasteiger partial charge is 0.472 e. The molecule has 0 radical (unpaired) electrons.